The zero-order valence-electron chi connectivity index (χ0n) is 9.42. The summed E-state index contributed by atoms with van der Waals surface area (Å²) < 4.78 is 26.0. The maximum Gasteiger partial charge on any atom is 0.345 e. The Balaban J connectivity index is 2.07. The van der Waals surface area contributed by atoms with Crippen molar-refractivity contribution in [1.29, 1.82) is 0 Å². The van der Waals surface area contributed by atoms with Crippen LogP contribution in [-0.2, 0) is 10.0 Å². The predicted molar refractivity (Wildman–Crippen MR) is 65.3 cm³/mol. The Morgan fingerprint density at radius 1 is 1.44 bits per heavy atom. The first-order chi connectivity index (χ1) is 8.32. The van der Waals surface area contributed by atoms with Crippen molar-refractivity contribution >= 4 is 27.3 Å². The summed E-state index contributed by atoms with van der Waals surface area (Å²) in [6, 6.07) is 2.50. The van der Waals surface area contributed by atoms with Gasteiger partial charge in [-0.25, -0.2) is 17.9 Å². The van der Waals surface area contributed by atoms with Crippen LogP contribution in [0.2, 0.25) is 0 Å². The minimum Gasteiger partial charge on any atom is -0.477 e. The molecule has 100 valence electrons. The van der Waals surface area contributed by atoms with Gasteiger partial charge in [0.1, 0.15) is 9.09 Å². The van der Waals surface area contributed by atoms with E-state index in [0.717, 1.165) is 6.42 Å². The second-order valence-corrected chi connectivity index (χ2v) is 7.40. The fourth-order valence-corrected chi connectivity index (χ4v) is 3.95. The van der Waals surface area contributed by atoms with E-state index in [-0.39, 0.29) is 15.6 Å². The first kappa shape index (κ1) is 13.5. The van der Waals surface area contributed by atoms with Gasteiger partial charge >= 0.3 is 5.97 Å². The van der Waals surface area contributed by atoms with Gasteiger partial charge in [0.25, 0.3) is 0 Å². The van der Waals surface area contributed by atoms with Crippen LogP contribution in [0.3, 0.4) is 0 Å². The van der Waals surface area contributed by atoms with E-state index < -0.39 is 21.6 Å². The van der Waals surface area contributed by atoms with Gasteiger partial charge in [-0.2, -0.15) is 0 Å². The molecule has 1 aliphatic rings. The van der Waals surface area contributed by atoms with Gasteiger partial charge in [-0.3, -0.25) is 0 Å². The number of carboxylic acid groups (broad SMARTS) is 1. The quantitative estimate of drug-likeness (QED) is 0.738. The van der Waals surface area contributed by atoms with E-state index in [9.17, 15) is 18.3 Å². The van der Waals surface area contributed by atoms with Crippen LogP contribution >= 0.6 is 11.3 Å². The SMILES string of the molecule is O=C(O)c1ccc(S(=O)(=O)NCC2(O)CCC2)s1. The number of carbonyl (C=O) groups is 1. The zero-order valence-corrected chi connectivity index (χ0v) is 11.1. The standard InChI is InChI=1S/C10H13NO5S2/c12-9(13)7-2-3-8(17-7)18(15,16)11-6-10(14)4-1-5-10/h2-3,11,14H,1,4-6H2,(H,12,13). The first-order valence-electron chi connectivity index (χ1n) is 5.38. The molecule has 1 aromatic heterocycles. The Labute approximate surface area is 108 Å². The van der Waals surface area contributed by atoms with E-state index in [1.54, 1.807) is 0 Å². The van der Waals surface area contributed by atoms with E-state index in [0.29, 0.717) is 24.2 Å². The topological polar surface area (TPSA) is 104 Å². The van der Waals surface area contributed by atoms with Crippen molar-refractivity contribution < 1.29 is 23.4 Å². The average Bonchev–Trinajstić information content (AvgIpc) is 2.73. The van der Waals surface area contributed by atoms with Crippen molar-refractivity contribution in [3.8, 4) is 0 Å². The van der Waals surface area contributed by atoms with Gasteiger partial charge in [0.05, 0.1) is 5.60 Å². The van der Waals surface area contributed by atoms with Gasteiger partial charge in [-0.05, 0) is 31.4 Å². The predicted octanol–water partition coefficient (Wildman–Crippen LogP) is 0.640. The molecule has 0 amide bonds. The highest BCUT2D eigenvalue weighted by molar-refractivity contribution is 7.91. The molecule has 0 saturated heterocycles. The number of sulfonamides is 1. The third-order valence-electron chi connectivity index (χ3n) is 2.93. The number of nitrogens with one attached hydrogen (secondary N) is 1. The van der Waals surface area contributed by atoms with Crippen LogP contribution in [0.1, 0.15) is 28.9 Å². The van der Waals surface area contributed by atoms with Gasteiger partial charge in [0.15, 0.2) is 0 Å². The average molecular weight is 291 g/mol. The lowest BCUT2D eigenvalue weighted by atomic mass is 9.81. The van der Waals surface area contributed by atoms with Gasteiger partial charge < -0.3 is 10.2 Å². The molecule has 6 nitrogen and oxygen atoms in total. The number of hydrogen-bond acceptors (Lipinski definition) is 5. The van der Waals surface area contributed by atoms with E-state index in [1.807, 2.05) is 0 Å². The molecule has 8 heteroatoms. The number of thiophene rings is 1. The van der Waals surface area contributed by atoms with Crippen molar-refractivity contribution in [1.82, 2.24) is 4.72 Å². The zero-order chi connectivity index (χ0) is 13.4. The summed E-state index contributed by atoms with van der Waals surface area (Å²) in [5, 5.41) is 18.5. The summed E-state index contributed by atoms with van der Waals surface area (Å²) in [5.41, 5.74) is -0.944. The molecule has 0 bridgehead atoms. The molecule has 0 spiro atoms. The van der Waals surface area contributed by atoms with Crippen LogP contribution in [0.15, 0.2) is 16.3 Å². The molecule has 1 saturated carbocycles. The monoisotopic (exact) mass is 291 g/mol. The van der Waals surface area contributed by atoms with Crippen LogP contribution in [0.25, 0.3) is 0 Å². The van der Waals surface area contributed by atoms with Gasteiger partial charge in [0.2, 0.25) is 10.0 Å². The van der Waals surface area contributed by atoms with Crippen molar-refractivity contribution in [3.63, 3.8) is 0 Å². The number of aliphatic hydroxyl groups is 1. The fraction of sp³-hybridized carbons (Fsp3) is 0.500. The summed E-state index contributed by atoms with van der Waals surface area (Å²) in [7, 11) is -3.74. The normalized spacial score (nSPS) is 18.3. The fourth-order valence-electron chi connectivity index (χ4n) is 1.64. The van der Waals surface area contributed by atoms with Crippen LogP contribution in [-0.4, -0.2) is 36.7 Å². The van der Waals surface area contributed by atoms with Crippen LogP contribution in [0.5, 0.6) is 0 Å². The highest BCUT2D eigenvalue weighted by Crippen LogP contribution is 2.31. The molecule has 18 heavy (non-hydrogen) atoms. The van der Waals surface area contributed by atoms with Gasteiger partial charge in [-0.15, -0.1) is 11.3 Å². The Kier molecular flexibility index (Phi) is 3.45. The summed E-state index contributed by atoms with van der Waals surface area (Å²) in [4.78, 5) is 10.6. The largest absolute Gasteiger partial charge is 0.477 e. The van der Waals surface area contributed by atoms with Crippen molar-refractivity contribution in [2.75, 3.05) is 6.54 Å². The molecule has 0 radical (unpaired) electrons. The smallest absolute Gasteiger partial charge is 0.345 e. The number of aromatic carboxylic acids is 1. The number of hydrogen-bond donors (Lipinski definition) is 3. The third kappa shape index (κ3) is 2.72. The van der Waals surface area contributed by atoms with Crippen molar-refractivity contribution in [3.05, 3.63) is 17.0 Å². The summed E-state index contributed by atoms with van der Waals surface area (Å²) >= 11 is 0.692. The minimum absolute atomic E-state index is 0.0299. The molecule has 1 aromatic rings. The Morgan fingerprint density at radius 2 is 2.11 bits per heavy atom. The second kappa shape index (κ2) is 4.61. The highest BCUT2D eigenvalue weighted by atomic mass is 32.2. The highest BCUT2D eigenvalue weighted by Gasteiger charge is 2.35. The van der Waals surface area contributed by atoms with E-state index in [2.05, 4.69) is 4.72 Å². The summed E-state index contributed by atoms with van der Waals surface area (Å²) in [5.74, 6) is -1.15. The lowest BCUT2D eigenvalue weighted by Gasteiger charge is -2.36. The molecule has 0 aliphatic heterocycles. The third-order valence-corrected chi connectivity index (χ3v) is 5.90. The molecule has 3 N–H and O–H groups in total. The molecule has 0 aromatic carbocycles. The molecule has 1 aliphatic carbocycles. The Hall–Kier alpha value is -0.960. The summed E-state index contributed by atoms with van der Waals surface area (Å²) in [6.45, 7) is -0.0321. The van der Waals surface area contributed by atoms with Crippen LogP contribution in [0.4, 0.5) is 0 Å². The molecule has 1 heterocycles. The van der Waals surface area contributed by atoms with Gasteiger partial charge in [-0.1, -0.05) is 0 Å². The minimum atomic E-state index is -3.74. The lowest BCUT2D eigenvalue weighted by Crippen LogP contribution is -2.47. The molecule has 1 fully saturated rings. The van der Waals surface area contributed by atoms with Crippen molar-refractivity contribution in [2.45, 2.75) is 29.1 Å². The van der Waals surface area contributed by atoms with Gasteiger partial charge in [0, 0.05) is 6.54 Å². The van der Waals surface area contributed by atoms with Crippen LogP contribution in [0, 0.1) is 0 Å². The lowest BCUT2D eigenvalue weighted by molar-refractivity contribution is -0.0270. The summed E-state index contributed by atoms with van der Waals surface area (Å²) in [6.07, 6.45) is 2.06. The van der Waals surface area contributed by atoms with Crippen molar-refractivity contribution in [2.24, 2.45) is 0 Å². The molecular formula is C10H13NO5S2. The first-order valence-corrected chi connectivity index (χ1v) is 7.68. The molecule has 0 atom stereocenters. The van der Waals surface area contributed by atoms with E-state index in [4.69, 9.17) is 5.11 Å². The second-order valence-electron chi connectivity index (χ2n) is 4.33. The maximum atomic E-state index is 11.9. The molecule has 0 unspecified atom stereocenters. The van der Waals surface area contributed by atoms with E-state index >= 15 is 0 Å². The number of carboxylic acids is 1. The maximum absolute atomic E-state index is 11.9. The molecular weight excluding hydrogens is 278 g/mol. The Morgan fingerprint density at radius 3 is 2.56 bits per heavy atom. The Bertz CT molecular complexity index is 559. The molecule has 2 rings (SSSR count). The van der Waals surface area contributed by atoms with Crippen LogP contribution < -0.4 is 4.72 Å². The number of rotatable bonds is 5. The van der Waals surface area contributed by atoms with E-state index in [1.165, 1.54) is 12.1 Å².